The van der Waals surface area contributed by atoms with E-state index in [2.05, 4.69) is 187 Å². The molecule has 4 heterocycles. The number of benzene rings is 7. The predicted molar refractivity (Wildman–Crippen MR) is 211 cm³/mol. The van der Waals surface area contributed by atoms with Crippen LogP contribution in [0.1, 0.15) is 30.5 Å². The van der Waals surface area contributed by atoms with Crippen molar-refractivity contribution in [2.45, 2.75) is 26.2 Å². The van der Waals surface area contributed by atoms with E-state index in [1.807, 2.05) is 0 Å². The number of aryl methyl sites for hydroxylation is 1. The van der Waals surface area contributed by atoms with Gasteiger partial charge in [0.1, 0.15) is 0 Å². The van der Waals surface area contributed by atoms with Crippen LogP contribution in [-0.4, -0.2) is 11.4 Å². The average Bonchev–Trinajstić information content (AvgIpc) is 3.51. The van der Waals surface area contributed by atoms with E-state index in [0.29, 0.717) is 0 Å². The van der Waals surface area contributed by atoms with Crippen LogP contribution in [0.5, 0.6) is 0 Å². The zero-order chi connectivity index (χ0) is 33.3. The van der Waals surface area contributed by atoms with Gasteiger partial charge in [0.2, 0.25) is 0 Å². The second kappa shape index (κ2) is 9.80. The van der Waals surface area contributed by atoms with Gasteiger partial charge in [-0.3, -0.25) is 0 Å². The van der Waals surface area contributed by atoms with Gasteiger partial charge < -0.3 is 14.3 Å². The SMILES string of the molecule is Cc1ccc(N2B3c4cccc5c4-n4c6c(cccc6c6c(N(c7ccccc7)c7ccccc7)cc(c3c64)-c3ccccc32)C5(C)C)cc1. The minimum Gasteiger partial charge on any atom is -0.376 e. The van der Waals surface area contributed by atoms with Gasteiger partial charge in [0.15, 0.2) is 0 Å². The first-order valence-corrected chi connectivity index (χ1v) is 17.7. The zero-order valence-corrected chi connectivity index (χ0v) is 28.4. The first-order valence-electron chi connectivity index (χ1n) is 17.7. The van der Waals surface area contributed by atoms with Crippen LogP contribution in [0.2, 0.25) is 0 Å². The topological polar surface area (TPSA) is 11.4 Å². The summed E-state index contributed by atoms with van der Waals surface area (Å²) in [6.07, 6.45) is 0. The fraction of sp³-hybridized carbons (Fsp3) is 0.0870. The van der Waals surface area contributed by atoms with Crippen molar-refractivity contribution in [1.29, 1.82) is 0 Å². The normalized spacial score (nSPS) is 14.4. The zero-order valence-electron chi connectivity index (χ0n) is 28.4. The van der Waals surface area contributed by atoms with Crippen molar-refractivity contribution < 1.29 is 0 Å². The van der Waals surface area contributed by atoms with Crippen LogP contribution in [0.3, 0.4) is 0 Å². The monoisotopic (exact) mass is 639 g/mol. The van der Waals surface area contributed by atoms with E-state index in [0.717, 1.165) is 11.4 Å². The molecule has 0 aliphatic carbocycles. The molecule has 3 aliphatic rings. The molecule has 0 N–H and O–H groups in total. The van der Waals surface area contributed by atoms with Gasteiger partial charge >= 0.3 is 6.85 Å². The quantitative estimate of drug-likeness (QED) is 0.178. The van der Waals surface area contributed by atoms with Gasteiger partial charge in [-0.05, 0) is 83.1 Å². The van der Waals surface area contributed by atoms with Crippen molar-refractivity contribution in [3.8, 4) is 16.8 Å². The van der Waals surface area contributed by atoms with Gasteiger partial charge in [0.25, 0.3) is 0 Å². The Hall–Kier alpha value is -6.00. The number of hydrogen-bond acceptors (Lipinski definition) is 2. The molecule has 3 nitrogen and oxygen atoms in total. The van der Waals surface area contributed by atoms with E-state index in [9.17, 15) is 0 Å². The summed E-state index contributed by atoms with van der Waals surface area (Å²) >= 11 is 0. The molecule has 0 amide bonds. The molecule has 0 saturated carbocycles. The molecule has 0 bridgehead atoms. The molecule has 0 fully saturated rings. The number of anilines is 5. The minimum absolute atomic E-state index is 0.00479. The number of fused-ring (bicyclic) bond motifs is 4. The van der Waals surface area contributed by atoms with Crippen LogP contribution in [0.25, 0.3) is 38.6 Å². The minimum atomic E-state index is -0.171. The number of aromatic nitrogens is 1. The summed E-state index contributed by atoms with van der Waals surface area (Å²) in [5.41, 5.74) is 19.1. The molecule has 7 aromatic carbocycles. The highest BCUT2D eigenvalue weighted by Crippen LogP contribution is 2.54. The average molecular weight is 640 g/mol. The molecule has 1 aromatic heterocycles. The number of rotatable bonds is 4. The highest BCUT2D eigenvalue weighted by atomic mass is 15.2. The summed E-state index contributed by atoms with van der Waals surface area (Å²) in [5.74, 6) is 0. The van der Waals surface area contributed by atoms with Gasteiger partial charge in [-0.15, -0.1) is 0 Å². The molecule has 8 aromatic rings. The molecule has 11 rings (SSSR count). The summed E-state index contributed by atoms with van der Waals surface area (Å²) in [7, 11) is 0. The number of hydrogen-bond donors (Lipinski definition) is 0. The van der Waals surface area contributed by atoms with Crippen molar-refractivity contribution in [3.63, 3.8) is 0 Å². The summed E-state index contributed by atoms with van der Waals surface area (Å²) in [4.78, 5) is 5.09. The van der Waals surface area contributed by atoms with Gasteiger partial charge in [0, 0.05) is 50.2 Å². The Balaban J connectivity index is 1.38. The fourth-order valence-electron chi connectivity index (χ4n) is 9.40. The lowest BCUT2D eigenvalue weighted by molar-refractivity contribution is 0.631. The van der Waals surface area contributed by atoms with E-state index >= 15 is 0 Å². The Labute approximate surface area is 292 Å². The number of nitrogens with zero attached hydrogens (tertiary/aromatic N) is 3. The first-order chi connectivity index (χ1) is 24.5. The molecular formula is C46H34BN3. The summed E-state index contributed by atoms with van der Waals surface area (Å²) < 4.78 is 2.66. The van der Waals surface area contributed by atoms with E-state index in [1.165, 1.54) is 83.3 Å². The molecule has 0 radical (unpaired) electrons. The largest absolute Gasteiger partial charge is 0.376 e. The lowest BCUT2D eigenvalue weighted by atomic mass is 9.43. The van der Waals surface area contributed by atoms with Crippen LogP contribution in [-0.2, 0) is 5.41 Å². The lowest BCUT2D eigenvalue weighted by Crippen LogP contribution is -2.61. The second-order valence-electron chi connectivity index (χ2n) is 14.6. The van der Waals surface area contributed by atoms with Crippen molar-refractivity contribution in [2.75, 3.05) is 9.71 Å². The molecule has 4 heteroatoms. The third kappa shape index (κ3) is 3.45. The van der Waals surface area contributed by atoms with Crippen LogP contribution >= 0.6 is 0 Å². The Morgan fingerprint density at radius 2 is 1.26 bits per heavy atom. The molecule has 0 saturated heterocycles. The molecule has 0 spiro atoms. The Morgan fingerprint density at radius 3 is 2.00 bits per heavy atom. The highest BCUT2D eigenvalue weighted by Gasteiger charge is 2.48. The second-order valence-corrected chi connectivity index (χ2v) is 14.6. The Kier molecular flexibility index (Phi) is 5.47. The smallest absolute Gasteiger partial charge is 0.333 e. The van der Waals surface area contributed by atoms with E-state index in [1.54, 1.807) is 0 Å². The van der Waals surface area contributed by atoms with Crippen molar-refractivity contribution in [3.05, 3.63) is 168 Å². The van der Waals surface area contributed by atoms with Crippen molar-refractivity contribution in [1.82, 2.24) is 4.57 Å². The third-order valence-electron chi connectivity index (χ3n) is 11.6. The highest BCUT2D eigenvalue weighted by molar-refractivity contribution is 6.93. The standard InChI is InChI=1S/C46H34BN3/c1-29-24-26-32(27-25-29)50-39-23-11-10-18-33(39)35-28-40(48(30-14-6-4-7-15-30)31-16-8-5-9-17-31)41-34-19-12-20-36-43(34)49-44-37(46(36,2)3)21-13-22-38(44)47(50)42(35)45(41)49/h4-28H,1-3H3. The Bertz CT molecular complexity index is 2650. The molecule has 236 valence electrons. The number of para-hydroxylation sites is 5. The van der Waals surface area contributed by atoms with E-state index < -0.39 is 0 Å². The molecule has 0 atom stereocenters. The molecule has 50 heavy (non-hydrogen) atoms. The third-order valence-corrected chi connectivity index (χ3v) is 11.6. The predicted octanol–water partition coefficient (Wildman–Crippen LogP) is 10.4. The first kappa shape index (κ1) is 27.9. The van der Waals surface area contributed by atoms with Crippen LogP contribution < -0.4 is 20.6 Å². The maximum Gasteiger partial charge on any atom is 0.333 e. The van der Waals surface area contributed by atoms with Crippen molar-refractivity contribution in [2.24, 2.45) is 0 Å². The van der Waals surface area contributed by atoms with Gasteiger partial charge in [0.05, 0.1) is 16.7 Å². The summed E-state index contributed by atoms with van der Waals surface area (Å²) in [6, 6.07) is 56.4. The van der Waals surface area contributed by atoms with Gasteiger partial charge in [-0.1, -0.05) is 123 Å². The van der Waals surface area contributed by atoms with E-state index in [-0.39, 0.29) is 12.3 Å². The molecule has 0 unspecified atom stereocenters. The van der Waals surface area contributed by atoms with E-state index in [4.69, 9.17) is 0 Å². The maximum atomic E-state index is 2.66. The Morgan fingerprint density at radius 1 is 0.600 bits per heavy atom. The van der Waals surface area contributed by atoms with Crippen LogP contribution in [0, 0.1) is 6.92 Å². The van der Waals surface area contributed by atoms with Gasteiger partial charge in [-0.25, -0.2) is 0 Å². The van der Waals surface area contributed by atoms with Crippen molar-refractivity contribution >= 4 is 68.0 Å². The molecule has 3 aliphatic heterocycles. The fourth-order valence-corrected chi connectivity index (χ4v) is 9.40. The lowest BCUT2D eigenvalue weighted by Gasteiger charge is -2.45. The van der Waals surface area contributed by atoms with Gasteiger partial charge in [-0.2, -0.15) is 0 Å². The molecular weight excluding hydrogens is 605 g/mol. The summed E-state index contributed by atoms with van der Waals surface area (Å²) in [5, 5.41) is 2.61. The maximum absolute atomic E-state index is 2.66. The van der Waals surface area contributed by atoms with Crippen LogP contribution in [0.4, 0.5) is 28.4 Å². The van der Waals surface area contributed by atoms with Crippen LogP contribution in [0.15, 0.2) is 152 Å². The summed E-state index contributed by atoms with van der Waals surface area (Å²) in [6.45, 7) is 7.00.